The van der Waals surface area contributed by atoms with Crippen LogP contribution in [0.4, 0.5) is 0 Å². The van der Waals surface area contributed by atoms with Crippen LogP contribution in [0, 0.1) is 19.3 Å². The number of sulfonamides is 1. The Morgan fingerprint density at radius 3 is 2.44 bits per heavy atom. The lowest BCUT2D eigenvalue weighted by Crippen LogP contribution is -2.19. The van der Waals surface area contributed by atoms with E-state index >= 15 is 0 Å². The maximum absolute atomic E-state index is 11.7. The van der Waals surface area contributed by atoms with Crippen molar-refractivity contribution in [3.63, 3.8) is 0 Å². The van der Waals surface area contributed by atoms with Gasteiger partial charge in [-0.25, -0.2) is 0 Å². The van der Waals surface area contributed by atoms with Crippen molar-refractivity contribution >= 4 is 15.7 Å². The van der Waals surface area contributed by atoms with Crippen LogP contribution in [0.3, 0.4) is 0 Å². The molecule has 0 aliphatic carbocycles. The summed E-state index contributed by atoms with van der Waals surface area (Å²) in [5.41, 5.74) is 1.26. The van der Waals surface area contributed by atoms with E-state index in [1.54, 1.807) is 12.1 Å². The first-order valence-electron chi connectivity index (χ1n) is 4.55. The summed E-state index contributed by atoms with van der Waals surface area (Å²) in [5, 5.41) is 3.56. The first kappa shape index (κ1) is 12.3. The van der Waals surface area contributed by atoms with Crippen molar-refractivity contribution in [2.24, 2.45) is 5.10 Å². The number of hydrazone groups is 1. The average molecular weight is 236 g/mol. The fourth-order valence-corrected chi connectivity index (χ4v) is 1.79. The van der Waals surface area contributed by atoms with Gasteiger partial charge in [-0.1, -0.05) is 23.6 Å². The van der Waals surface area contributed by atoms with Crippen LogP contribution >= 0.6 is 0 Å². The van der Waals surface area contributed by atoms with E-state index < -0.39 is 10.0 Å². The minimum Gasteiger partial charge on any atom is -0.200 e. The molecule has 0 amide bonds. The molecular weight excluding hydrogens is 224 g/mol. The van der Waals surface area contributed by atoms with Crippen LogP contribution in [-0.4, -0.2) is 14.1 Å². The molecule has 0 atom stereocenters. The molecule has 0 bridgehead atoms. The monoisotopic (exact) mass is 236 g/mol. The van der Waals surface area contributed by atoms with Crippen molar-refractivity contribution in [3.8, 4) is 12.3 Å². The predicted octanol–water partition coefficient (Wildman–Crippen LogP) is 1.28. The minimum atomic E-state index is -3.62. The second-order valence-electron chi connectivity index (χ2n) is 3.25. The van der Waals surface area contributed by atoms with Gasteiger partial charge >= 0.3 is 0 Å². The van der Waals surface area contributed by atoms with E-state index in [9.17, 15) is 8.42 Å². The fraction of sp³-hybridized carbons (Fsp3) is 0.182. The highest BCUT2D eigenvalue weighted by molar-refractivity contribution is 7.89. The summed E-state index contributed by atoms with van der Waals surface area (Å²) in [5.74, 6) is 2.22. The number of nitrogens with one attached hydrogen (secondary N) is 1. The zero-order valence-electron chi connectivity index (χ0n) is 9.06. The number of nitrogens with zero attached hydrogens (tertiary/aromatic N) is 1. The Balaban J connectivity index is 2.96. The Kier molecular flexibility index (Phi) is 3.69. The number of hydrogen-bond acceptors (Lipinski definition) is 3. The highest BCUT2D eigenvalue weighted by Crippen LogP contribution is 2.09. The third kappa shape index (κ3) is 3.11. The highest BCUT2D eigenvalue weighted by Gasteiger charge is 2.11. The Labute approximate surface area is 95.4 Å². The molecule has 0 aromatic heterocycles. The fourth-order valence-electron chi connectivity index (χ4n) is 0.931. The number of aryl methyl sites for hydroxylation is 1. The zero-order chi connectivity index (χ0) is 12.2. The summed E-state index contributed by atoms with van der Waals surface area (Å²) in [4.78, 5) is 2.22. The van der Waals surface area contributed by atoms with E-state index in [4.69, 9.17) is 6.42 Å². The van der Waals surface area contributed by atoms with Gasteiger partial charge in [0.15, 0.2) is 0 Å². The van der Waals surface area contributed by atoms with Gasteiger partial charge in [0.25, 0.3) is 10.0 Å². The number of benzene rings is 1. The maximum Gasteiger partial charge on any atom is 0.276 e. The first-order valence-corrected chi connectivity index (χ1v) is 6.03. The van der Waals surface area contributed by atoms with Gasteiger partial charge in [0.1, 0.15) is 5.71 Å². The lowest BCUT2D eigenvalue weighted by molar-refractivity contribution is 0.584. The number of rotatable bonds is 3. The Morgan fingerprint density at radius 1 is 1.38 bits per heavy atom. The quantitative estimate of drug-likeness (QED) is 0.488. The van der Waals surface area contributed by atoms with Crippen molar-refractivity contribution in [2.45, 2.75) is 18.7 Å². The molecule has 84 valence electrons. The SMILES string of the molecule is C#C/C(C)=N/NS(=O)(=O)c1ccc(C)cc1. The van der Waals surface area contributed by atoms with Gasteiger partial charge in [-0.05, 0) is 26.0 Å². The van der Waals surface area contributed by atoms with E-state index in [2.05, 4.69) is 15.9 Å². The normalized spacial score (nSPS) is 11.9. The molecule has 0 unspecified atom stereocenters. The largest absolute Gasteiger partial charge is 0.276 e. The summed E-state index contributed by atoms with van der Waals surface area (Å²) in [6.07, 6.45) is 5.04. The lowest BCUT2D eigenvalue weighted by atomic mass is 10.2. The molecule has 1 aromatic rings. The van der Waals surface area contributed by atoms with Crippen molar-refractivity contribution in [1.82, 2.24) is 4.83 Å². The first-order chi connectivity index (χ1) is 7.45. The molecule has 0 saturated heterocycles. The van der Waals surface area contributed by atoms with Gasteiger partial charge in [-0.2, -0.15) is 18.4 Å². The molecule has 1 rings (SSSR count). The number of hydrogen-bond donors (Lipinski definition) is 1. The van der Waals surface area contributed by atoms with Gasteiger partial charge in [-0.15, -0.1) is 6.42 Å². The molecule has 0 spiro atoms. The molecule has 0 heterocycles. The van der Waals surface area contributed by atoms with E-state index in [0.29, 0.717) is 0 Å². The molecule has 0 radical (unpaired) electrons. The predicted molar refractivity (Wildman–Crippen MR) is 63.4 cm³/mol. The van der Waals surface area contributed by atoms with Gasteiger partial charge in [0.2, 0.25) is 0 Å². The van der Waals surface area contributed by atoms with Gasteiger partial charge in [-0.3, -0.25) is 0 Å². The van der Waals surface area contributed by atoms with E-state index in [1.165, 1.54) is 19.1 Å². The molecule has 0 aliphatic heterocycles. The van der Waals surface area contributed by atoms with Gasteiger partial charge in [0, 0.05) is 0 Å². The zero-order valence-corrected chi connectivity index (χ0v) is 9.88. The molecule has 1 aromatic carbocycles. The van der Waals surface area contributed by atoms with Gasteiger partial charge in [0.05, 0.1) is 4.90 Å². The summed E-state index contributed by atoms with van der Waals surface area (Å²) < 4.78 is 23.4. The number of terminal acetylenes is 1. The molecule has 1 N–H and O–H groups in total. The van der Waals surface area contributed by atoms with Crippen LogP contribution in [0.1, 0.15) is 12.5 Å². The summed E-state index contributed by atoms with van der Waals surface area (Å²) >= 11 is 0. The average Bonchev–Trinajstić information content (AvgIpc) is 2.26. The van der Waals surface area contributed by atoms with Crippen LogP contribution < -0.4 is 4.83 Å². The Hall–Kier alpha value is -1.80. The van der Waals surface area contributed by atoms with Crippen molar-refractivity contribution < 1.29 is 8.42 Å². The molecule has 0 fully saturated rings. The van der Waals surface area contributed by atoms with Crippen LogP contribution in [0.15, 0.2) is 34.3 Å². The van der Waals surface area contributed by atoms with E-state index in [-0.39, 0.29) is 10.6 Å². The van der Waals surface area contributed by atoms with E-state index in [0.717, 1.165) is 5.56 Å². The lowest BCUT2D eigenvalue weighted by Gasteiger charge is -2.03. The van der Waals surface area contributed by atoms with Gasteiger partial charge < -0.3 is 0 Å². The maximum atomic E-state index is 11.7. The standard InChI is InChI=1S/C11H12N2O2S/c1-4-10(3)12-13-16(14,15)11-7-5-9(2)6-8-11/h1,5-8,13H,2-3H3/b12-10+. The second kappa shape index (κ2) is 4.81. The smallest absolute Gasteiger partial charge is 0.200 e. The summed E-state index contributed by atoms with van der Waals surface area (Å²) in [6.45, 7) is 3.42. The van der Waals surface area contributed by atoms with Crippen molar-refractivity contribution in [2.75, 3.05) is 0 Å². The molecule has 0 saturated carbocycles. The minimum absolute atomic E-state index is 0.159. The molecule has 5 heteroatoms. The Morgan fingerprint density at radius 2 is 1.94 bits per heavy atom. The third-order valence-electron chi connectivity index (χ3n) is 1.87. The topological polar surface area (TPSA) is 58.5 Å². The van der Waals surface area contributed by atoms with Crippen LogP contribution in [0.2, 0.25) is 0 Å². The molecule has 4 nitrogen and oxygen atoms in total. The van der Waals surface area contributed by atoms with Crippen LogP contribution in [-0.2, 0) is 10.0 Å². The Bertz CT molecular complexity index is 536. The van der Waals surface area contributed by atoms with Crippen LogP contribution in [0.25, 0.3) is 0 Å². The third-order valence-corrected chi connectivity index (χ3v) is 3.10. The van der Waals surface area contributed by atoms with Crippen molar-refractivity contribution in [1.29, 1.82) is 0 Å². The summed E-state index contributed by atoms with van der Waals surface area (Å²) in [7, 11) is -3.62. The van der Waals surface area contributed by atoms with Crippen LogP contribution in [0.5, 0.6) is 0 Å². The summed E-state index contributed by atoms with van der Waals surface area (Å²) in [6, 6.07) is 6.45. The molecule has 16 heavy (non-hydrogen) atoms. The van der Waals surface area contributed by atoms with Crippen molar-refractivity contribution in [3.05, 3.63) is 29.8 Å². The molecular formula is C11H12N2O2S. The highest BCUT2D eigenvalue weighted by atomic mass is 32.2. The second-order valence-corrected chi connectivity index (χ2v) is 4.91. The van der Waals surface area contributed by atoms with E-state index in [1.807, 2.05) is 6.92 Å². The molecule has 0 aliphatic rings.